The van der Waals surface area contributed by atoms with Crippen LogP contribution in [0.3, 0.4) is 0 Å². The van der Waals surface area contributed by atoms with Gasteiger partial charge in [0.1, 0.15) is 0 Å². The van der Waals surface area contributed by atoms with Crippen LogP contribution in [0.2, 0.25) is 0 Å². The van der Waals surface area contributed by atoms with Crippen molar-refractivity contribution in [2.24, 2.45) is 0 Å². The second kappa shape index (κ2) is 13.0. The minimum absolute atomic E-state index is 0.00657. The van der Waals surface area contributed by atoms with Crippen molar-refractivity contribution in [3.63, 3.8) is 0 Å². The largest absolute Gasteiger partial charge is 0.339 e. The van der Waals surface area contributed by atoms with E-state index in [2.05, 4.69) is 46.0 Å². The van der Waals surface area contributed by atoms with E-state index < -0.39 is 0 Å². The Morgan fingerprint density at radius 3 is 2.27 bits per heavy atom. The predicted octanol–water partition coefficient (Wildman–Crippen LogP) is 5.88. The maximum absolute atomic E-state index is 12.9. The molecule has 1 saturated heterocycles. The van der Waals surface area contributed by atoms with Crippen molar-refractivity contribution >= 4 is 23.6 Å². The Hall–Kier alpha value is -3.91. The Labute approximate surface area is 240 Å². The number of amides is 2. The Morgan fingerprint density at radius 2 is 1.57 bits per heavy atom. The van der Waals surface area contributed by atoms with Crippen LogP contribution in [-0.4, -0.2) is 67.8 Å². The molecule has 1 aromatic heterocycles. The van der Waals surface area contributed by atoms with Gasteiger partial charge < -0.3 is 9.80 Å². The summed E-state index contributed by atoms with van der Waals surface area (Å²) in [5.74, 6) is 1.87. The first-order valence-electron chi connectivity index (χ1n) is 13.9. The van der Waals surface area contributed by atoms with E-state index in [9.17, 15) is 9.59 Å². The van der Waals surface area contributed by atoms with Crippen LogP contribution in [0.1, 0.15) is 42.1 Å². The highest BCUT2D eigenvalue weighted by Crippen LogP contribution is 2.29. The molecule has 40 heavy (non-hydrogen) atoms. The Balaban J connectivity index is 1.13. The lowest BCUT2D eigenvalue weighted by molar-refractivity contribution is -0.133. The number of piperazine rings is 1. The first kappa shape index (κ1) is 27.6. The van der Waals surface area contributed by atoms with E-state index in [1.165, 1.54) is 5.56 Å². The number of thioether (sulfide) groups is 1. The van der Waals surface area contributed by atoms with Crippen LogP contribution in [-0.2, 0) is 4.79 Å². The van der Waals surface area contributed by atoms with Crippen LogP contribution >= 0.6 is 11.8 Å². The SMILES string of the molecule is Cc1ccc(-n2c(SCCCCC(=O)N3CCN(C(=O)c4ccccc4)C(C)C3)nnc2-c2ccccc2)cc1. The molecule has 5 rings (SSSR count). The van der Waals surface area contributed by atoms with Gasteiger partial charge in [-0.3, -0.25) is 14.2 Å². The molecular formula is C32H35N5O2S. The third-order valence-electron chi connectivity index (χ3n) is 7.24. The van der Waals surface area contributed by atoms with Gasteiger partial charge in [-0.05, 0) is 51.0 Å². The fraction of sp³-hybridized carbons (Fsp3) is 0.312. The van der Waals surface area contributed by atoms with Crippen molar-refractivity contribution in [2.75, 3.05) is 25.4 Å². The highest BCUT2D eigenvalue weighted by molar-refractivity contribution is 7.99. The molecule has 2 amide bonds. The van der Waals surface area contributed by atoms with Gasteiger partial charge in [-0.2, -0.15) is 0 Å². The third-order valence-corrected chi connectivity index (χ3v) is 8.25. The van der Waals surface area contributed by atoms with Crippen LogP contribution in [0.5, 0.6) is 0 Å². The van der Waals surface area contributed by atoms with Crippen molar-refractivity contribution in [1.82, 2.24) is 24.6 Å². The molecule has 1 aliphatic rings. The summed E-state index contributed by atoms with van der Waals surface area (Å²) in [6.07, 6.45) is 2.23. The average Bonchev–Trinajstić information content (AvgIpc) is 3.41. The summed E-state index contributed by atoms with van der Waals surface area (Å²) >= 11 is 1.67. The molecule has 1 fully saturated rings. The van der Waals surface area contributed by atoms with Crippen LogP contribution in [0.15, 0.2) is 90.1 Å². The molecule has 0 N–H and O–H groups in total. The molecular weight excluding hydrogens is 518 g/mol. The van der Waals surface area contributed by atoms with E-state index in [4.69, 9.17) is 0 Å². The maximum atomic E-state index is 12.9. The smallest absolute Gasteiger partial charge is 0.254 e. The Morgan fingerprint density at radius 1 is 0.875 bits per heavy atom. The van der Waals surface area contributed by atoms with Gasteiger partial charge in [-0.1, -0.05) is 78.0 Å². The molecule has 8 heteroatoms. The first-order valence-corrected chi connectivity index (χ1v) is 14.8. The number of hydrogen-bond acceptors (Lipinski definition) is 5. The number of nitrogens with zero attached hydrogens (tertiary/aromatic N) is 5. The van der Waals surface area contributed by atoms with Crippen LogP contribution in [0.25, 0.3) is 17.1 Å². The zero-order valence-electron chi connectivity index (χ0n) is 23.1. The summed E-state index contributed by atoms with van der Waals surface area (Å²) in [6, 6.07) is 27.9. The number of carbonyl (C=O) groups excluding carboxylic acids is 2. The number of aromatic nitrogens is 3. The molecule has 0 aliphatic carbocycles. The first-order chi connectivity index (χ1) is 19.5. The number of aryl methyl sites for hydroxylation is 1. The van der Waals surface area contributed by atoms with Gasteiger partial charge in [0.25, 0.3) is 5.91 Å². The number of benzene rings is 3. The Bertz CT molecular complexity index is 1420. The fourth-order valence-electron chi connectivity index (χ4n) is 5.00. The number of rotatable bonds is 9. The monoisotopic (exact) mass is 553 g/mol. The zero-order chi connectivity index (χ0) is 27.9. The lowest BCUT2D eigenvalue weighted by atomic mass is 10.1. The molecule has 0 bridgehead atoms. The summed E-state index contributed by atoms with van der Waals surface area (Å²) in [6.45, 7) is 5.82. The van der Waals surface area contributed by atoms with Crippen LogP contribution in [0, 0.1) is 6.92 Å². The molecule has 1 unspecified atom stereocenters. The van der Waals surface area contributed by atoms with Crippen molar-refractivity contribution in [3.05, 3.63) is 96.1 Å². The van der Waals surface area contributed by atoms with Gasteiger partial charge in [0.2, 0.25) is 5.91 Å². The van der Waals surface area contributed by atoms with Gasteiger partial charge in [-0.25, -0.2) is 0 Å². The lowest BCUT2D eigenvalue weighted by Gasteiger charge is -2.40. The molecule has 0 spiro atoms. The normalized spacial score (nSPS) is 15.3. The summed E-state index contributed by atoms with van der Waals surface area (Å²) in [5.41, 5.74) is 3.95. The Kier molecular flexibility index (Phi) is 8.96. The molecule has 206 valence electrons. The van der Waals surface area contributed by atoms with Crippen molar-refractivity contribution < 1.29 is 9.59 Å². The van der Waals surface area contributed by atoms with E-state index >= 15 is 0 Å². The predicted molar refractivity (Wildman–Crippen MR) is 160 cm³/mol. The van der Waals surface area contributed by atoms with Gasteiger partial charge in [-0.15, -0.1) is 10.2 Å². The van der Waals surface area contributed by atoms with Crippen molar-refractivity contribution in [3.8, 4) is 17.1 Å². The molecule has 7 nitrogen and oxygen atoms in total. The molecule has 0 saturated carbocycles. The maximum Gasteiger partial charge on any atom is 0.254 e. The molecule has 4 aromatic rings. The van der Waals surface area contributed by atoms with Gasteiger partial charge in [0, 0.05) is 54.7 Å². The highest BCUT2D eigenvalue weighted by atomic mass is 32.2. The van der Waals surface area contributed by atoms with Gasteiger partial charge in [0.05, 0.1) is 0 Å². The topological polar surface area (TPSA) is 71.3 Å². The van der Waals surface area contributed by atoms with E-state index in [-0.39, 0.29) is 17.9 Å². The summed E-state index contributed by atoms with van der Waals surface area (Å²) in [4.78, 5) is 29.6. The number of hydrogen-bond donors (Lipinski definition) is 0. The minimum atomic E-state index is -0.00657. The zero-order valence-corrected chi connectivity index (χ0v) is 23.9. The van der Waals surface area contributed by atoms with Gasteiger partial charge in [0.15, 0.2) is 11.0 Å². The van der Waals surface area contributed by atoms with Crippen molar-refractivity contribution in [1.29, 1.82) is 0 Å². The average molecular weight is 554 g/mol. The van der Waals surface area contributed by atoms with Crippen molar-refractivity contribution in [2.45, 2.75) is 44.3 Å². The number of carbonyl (C=O) groups is 2. The standard InChI is InChI=1S/C32H35N5O2S/c1-24-16-18-28(19-17-24)37-30(26-11-5-3-6-12-26)33-34-32(37)40-22-10-9-15-29(38)35-20-21-36(25(2)23-35)31(39)27-13-7-4-8-14-27/h3-8,11-14,16-19,25H,9-10,15,20-23H2,1-2H3. The lowest BCUT2D eigenvalue weighted by Crippen LogP contribution is -2.55. The van der Waals surface area contributed by atoms with E-state index in [1.54, 1.807) is 11.8 Å². The summed E-state index contributed by atoms with van der Waals surface area (Å²) < 4.78 is 2.11. The molecule has 1 aliphatic heterocycles. The summed E-state index contributed by atoms with van der Waals surface area (Å²) in [5, 5.41) is 9.89. The van der Waals surface area contributed by atoms with Crippen LogP contribution < -0.4 is 0 Å². The molecule has 1 atom stereocenters. The fourth-order valence-corrected chi connectivity index (χ4v) is 5.95. The minimum Gasteiger partial charge on any atom is -0.339 e. The highest BCUT2D eigenvalue weighted by Gasteiger charge is 2.30. The molecule has 3 aromatic carbocycles. The molecule has 2 heterocycles. The summed E-state index contributed by atoms with van der Waals surface area (Å²) in [7, 11) is 0. The second-order valence-corrected chi connectivity index (χ2v) is 11.3. The van der Waals surface area contributed by atoms with Crippen LogP contribution in [0.4, 0.5) is 0 Å². The van der Waals surface area contributed by atoms with E-state index in [0.29, 0.717) is 31.6 Å². The quantitative estimate of drug-likeness (QED) is 0.191. The van der Waals surface area contributed by atoms with E-state index in [1.807, 2.05) is 77.4 Å². The van der Waals surface area contributed by atoms with E-state index in [0.717, 1.165) is 40.8 Å². The third kappa shape index (κ3) is 6.45. The van der Waals surface area contributed by atoms with Gasteiger partial charge >= 0.3 is 0 Å². The molecule has 0 radical (unpaired) electrons. The second-order valence-electron chi connectivity index (χ2n) is 10.2. The number of unbranched alkanes of at least 4 members (excludes halogenated alkanes) is 1.